The van der Waals surface area contributed by atoms with Crippen LogP contribution in [0.15, 0.2) is 170 Å². The highest BCUT2D eigenvalue weighted by molar-refractivity contribution is 7.26. The van der Waals surface area contributed by atoms with Crippen LogP contribution in [0.3, 0.4) is 0 Å². The molecule has 212 valence electrons. The molecule has 1 N–H and O–H groups in total. The minimum absolute atomic E-state index is 0.392. The van der Waals surface area contributed by atoms with E-state index in [9.17, 15) is 0 Å². The van der Waals surface area contributed by atoms with Crippen molar-refractivity contribution in [2.24, 2.45) is 0 Å². The van der Waals surface area contributed by atoms with E-state index in [2.05, 4.69) is 175 Å². The van der Waals surface area contributed by atoms with Gasteiger partial charge in [0.25, 0.3) is 0 Å². The summed E-state index contributed by atoms with van der Waals surface area (Å²) in [5, 5.41) is 6.42. The first-order valence-electron chi connectivity index (χ1n) is 15.4. The van der Waals surface area contributed by atoms with Gasteiger partial charge in [0.05, 0.1) is 5.41 Å². The van der Waals surface area contributed by atoms with Gasteiger partial charge in [-0.05, 0) is 74.8 Å². The Morgan fingerprint density at radius 3 is 1.73 bits per heavy atom. The number of hydrogen-bond acceptors (Lipinski definition) is 2. The standard InChI is InChI=1S/C43H29NS/c1-3-13-29(14-4-1)30-27-39(42-36-19-9-12-22-40(36)45-41(42)28-30)44-33-25-23-32(24-26-33)43(31-15-5-2-6-16-31)37-20-10-7-17-34(37)35-18-8-11-21-38(35)43/h1-28,44H. The Kier molecular flexibility index (Phi) is 5.97. The molecular formula is C43H29NS. The molecule has 0 saturated carbocycles. The number of rotatable bonds is 5. The monoisotopic (exact) mass is 591 g/mol. The van der Waals surface area contributed by atoms with E-state index in [1.54, 1.807) is 0 Å². The van der Waals surface area contributed by atoms with Crippen molar-refractivity contribution in [2.45, 2.75) is 5.41 Å². The smallest absolute Gasteiger partial charge is 0.0713 e. The maximum atomic E-state index is 3.85. The van der Waals surface area contributed by atoms with E-state index in [0.717, 1.165) is 11.4 Å². The van der Waals surface area contributed by atoms with E-state index in [1.807, 2.05) is 11.3 Å². The third kappa shape index (κ3) is 4.00. The molecule has 1 nitrogen and oxygen atoms in total. The fourth-order valence-corrected chi connectivity index (χ4v) is 8.59. The molecule has 1 heterocycles. The molecule has 0 bridgehead atoms. The van der Waals surface area contributed by atoms with Crippen molar-refractivity contribution in [2.75, 3.05) is 5.32 Å². The van der Waals surface area contributed by atoms with E-state index < -0.39 is 5.41 Å². The highest BCUT2D eigenvalue weighted by Gasteiger charge is 2.45. The van der Waals surface area contributed by atoms with Gasteiger partial charge < -0.3 is 5.32 Å². The van der Waals surface area contributed by atoms with E-state index in [-0.39, 0.29) is 0 Å². The normalized spacial score (nSPS) is 13.1. The first-order valence-corrected chi connectivity index (χ1v) is 16.3. The minimum Gasteiger partial charge on any atom is -0.355 e. The predicted octanol–water partition coefficient (Wildman–Crippen LogP) is 11.8. The highest BCUT2D eigenvalue weighted by Crippen LogP contribution is 2.56. The molecule has 0 aliphatic heterocycles. The van der Waals surface area contributed by atoms with Crippen molar-refractivity contribution in [1.82, 2.24) is 0 Å². The van der Waals surface area contributed by atoms with Crippen LogP contribution in [0.25, 0.3) is 42.4 Å². The second kappa shape index (κ2) is 10.3. The zero-order valence-corrected chi connectivity index (χ0v) is 25.4. The van der Waals surface area contributed by atoms with Crippen molar-refractivity contribution in [3.63, 3.8) is 0 Å². The Balaban J connectivity index is 1.20. The summed E-state index contributed by atoms with van der Waals surface area (Å²) in [6.45, 7) is 0. The Morgan fingerprint density at radius 2 is 1.02 bits per heavy atom. The van der Waals surface area contributed by atoms with Crippen LogP contribution in [0.4, 0.5) is 11.4 Å². The summed E-state index contributed by atoms with van der Waals surface area (Å²) in [7, 11) is 0. The van der Waals surface area contributed by atoms with Gasteiger partial charge in [0, 0.05) is 31.5 Å². The first-order chi connectivity index (χ1) is 22.3. The average Bonchev–Trinajstić information content (AvgIpc) is 3.64. The van der Waals surface area contributed by atoms with Crippen LogP contribution in [-0.2, 0) is 5.41 Å². The topological polar surface area (TPSA) is 12.0 Å². The number of thiophene rings is 1. The van der Waals surface area contributed by atoms with Crippen LogP contribution < -0.4 is 5.32 Å². The maximum absolute atomic E-state index is 3.85. The molecule has 0 atom stereocenters. The Hall–Kier alpha value is -5.44. The van der Waals surface area contributed by atoms with Gasteiger partial charge in [-0.2, -0.15) is 0 Å². The summed E-state index contributed by atoms with van der Waals surface area (Å²) in [6, 6.07) is 62.0. The van der Waals surface area contributed by atoms with Crippen LogP contribution in [0.1, 0.15) is 22.3 Å². The Labute approximate surface area is 267 Å². The van der Waals surface area contributed by atoms with E-state index in [1.165, 1.54) is 64.7 Å². The average molecular weight is 592 g/mol. The van der Waals surface area contributed by atoms with Crippen LogP contribution in [0, 0.1) is 0 Å². The Morgan fingerprint density at radius 1 is 0.444 bits per heavy atom. The lowest BCUT2D eigenvalue weighted by atomic mass is 9.68. The largest absolute Gasteiger partial charge is 0.355 e. The van der Waals surface area contributed by atoms with Gasteiger partial charge in [-0.1, -0.05) is 140 Å². The first kappa shape index (κ1) is 26.0. The Bertz CT molecular complexity index is 2290. The molecule has 1 aliphatic carbocycles. The van der Waals surface area contributed by atoms with Crippen LogP contribution in [0.2, 0.25) is 0 Å². The molecule has 0 fully saturated rings. The molecular weight excluding hydrogens is 563 g/mol. The summed E-state index contributed by atoms with van der Waals surface area (Å²) in [5.41, 5.74) is 12.1. The van der Waals surface area contributed by atoms with E-state index in [0.29, 0.717) is 0 Å². The number of nitrogens with one attached hydrogen (secondary N) is 1. The molecule has 9 rings (SSSR count). The van der Waals surface area contributed by atoms with Crippen LogP contribution in [-0.4, -0.2) is 0 Å². The van der Waals surface area contributed by atoms with Gasteiger partial charge in [0.1, 0.15) is 0 Å². The van der Waals surface area contributed by atoms with E-state index in [4.69, 9.17) is 0 Å². The molecule has 1 aromatic heterocycles. The fourth-order valence-electron chi connectivity index (χ4n) is 7.42. The highest BCUT2D eigenvalue weighted by atomic mass is 32.1. The molecule has 8 aromatic rings. The molecule has 0 unspecified atom stereocenters. The van der Waals surface area contributed by atoms with Gasteiger partial charge in [0.2, 0.25) is 0 Å². The van der Waals surface area contributed by atoms with Gasteiger partial charge in [-0.3, -0.25) is 0 Å². The molecule has 0 amide bonds. The summed E-state index contributed by atoms with van der Waals surface area (Å²) < 4.78 is 2.60. The van der Waals surface area contributed by atoms with Crippen molar-refractivity contribution in [3.05, 3.63) is 192 Å². The van der Waals surface area contributed by atoms with Crippen molar-refractivity contribution in [3.8, 4) is 22.3 Å². The second-order valence-corrected chi connectivity index (χ2v) is 12.9. The fraction of sp³-hybridized carbons (Fsp3) is 0.0233. The summed E-state index contributed by atoms with van der Waals surface area (Å²) in [6.07, 6.45) is 0. The van der Waals surface area contributed by atoms with Gasteiger partial charge in [-0.15, -0.1) is 11.3 Å². The predicted molar refractivity (Wildman–Crippen MR) is 192 cm³/mol. The lowest BCUT2D eigenvalue weighted by Gasteiger charge is -2.34. The third-order valence-electron chi connectivity index (χ3n) is 9.34. The zero-order chi connectivity index (χ0) is 29.8. The number of hydrogen-bond donors (Lipinski definition) is 1. The third-order valence-corrected chi connectivity index (χ3v) is 10.5. The second-order valence-electron chi connectivity index (χ2n) is 11.8. The molecule has 2 heteroatoms. The lowest BCUT2D eigenvalue weighted by Crippen LogP contribution is -2.28. The molecule has 1 aliphatic rings. The molecule has 45 heavy (non-hydrogen) atoms. The lowest BCUT2D eigenvalue weighted by molar-refractivity contribution is 0.768. The minimum atomic E-state index is -0.392. The quantitative estimate of drug-likeness (QED) is 0.210. The molecule has 0 radical (unpaired) electrons. The van der Waals surface area contributed by atoms with Crippen molar-refractivity contribution in [1.29, 1.82) is 0 Å². The maximum Gasteiger partial charge on any atom is 0.0713 e. The zero-order valence-electron chi connectivity index (χ0n) is 24.6. The van der Waals surface area contributed by atoms with Crippen molar-refractivity contribution >= 4 is 42.9 Å². The van der Waals surface area contributed by atoms with Crippen LogP contribution in [0.5, 0.6) is 0 Å². The van der Waals surface area contributed by atoms with E-state index >= 15 is 0 Å². The molecule has 7 aromatic carbocycles. The number of benzene rings is 7. The molecule has 0 saturated heterocycles. The number of anilines is 2. The summed E-state index contributed by atoms with van der Waals surface area (Å²) in [4.78, 5) is 0. The number of fused-ring (bicyclic) bond motifs is 6. The van der Waals surface area contributed by atoms with Crippen molar-refractivity contribution < 1.29 is 0 Å². The van der Waals surface area contributed by atoms with Gasteiger partial charge in [-0.25, -0.2) is 0 Å². The SMILES string of the molecule is c1ccc(-c2cc(Nc3ccc(C4(c5ccccc5)c5ccccc5-c5ccccc54)cc3)c3c(c2)sc2ccccc23)cc1. The van der Waals surface area contributed by atoms with Gasteiger partial charge >= 0.3 is 0 Å². The summed E-state index contributed by atoms with van der Waals surface area (Å²) >= 11 is 1.86. The summed E-state index contributed by atoms with van der Waals surface area (Å²) in [5.74, 6) is 0. The van der Waals surface area contributed by atoms with Gasteiger partial charge in [0.15, 0.2) is 0 Å². The van der Waals surface area contributed by atoms with Crippen LogP contribution >= 0.6 is 11.3 Å². The molecule has 0 spiro atoms.